The van der Waals surface area contributed by atoms with Crippen LogP contribution in [0.15, 0.2) is 42.5 Å². The molecule has 0 atom stereocenters. The molecule has 9 heteroatoms. The van der Waals surface area contributed by atoms with Crippen molar-refractivity contribution in [2.75, 3.05) is 5.32 Å². The summed E-state index contributed by atoms with van der Waals surface area (Å²) < 4.78 is 39.9. The molecule has 0 unspecified atom stereocenters. The van der Waals surface area contributed by atoms with Crippen LogP contribution in [0.5, 0.6) is 0 Å². The number of hydrogen-bond acceptors (Lipinski definition) is 4. The summed E-state index contributed by atoms with van der Waals surface area (Å²) in [6.07, 6.45) is -4.46. The number of nitrogens with one attached hydrogen (secondary N) is 1. The number of nitro groups is 1. The standard InChI is InChI=1S/C15H11F3N4O2/c1-21-11-6-3-7-12(22(23)24)13(11)20-14(21)19-10-5-2-4-9(8-10)15(16,17)18/h2-8H,1H3,(H,19,20). The van der Waals surface area contributed by atoms with Crippen LogP contribution >= 0.6 is 0 Å². The van der Waals surface area contributed by atoms with Crippen LogP contribution in [-0.4, -0.2) is 14.5 Å². The Labute approximate surface area is 133 Å². The van der Waals surface area contributed by atoms with Gasteiger partial charge in [-0.1, -0.05) is 12.1 Å². The average molecular weight is 336 g/mol. The van der Waals surface area contributed by atoms with Gasteiger partial charge in [0.1, 0.15) is 0 Å². The Balaban J connectivity index is 2.04. The van der Waals surface area contributed by atoms with Gasteiger partial charge in [0.15, 0.2) is 5.52 Å². The number of benzene rings is 2. The lowest BCUT2D eigenvalue weighted by atomic mass is 10.2. The van der Waals surface area contributed by atoms with Crippen molar-refractivity contribution < 1.29 is 18.1 Å². The zero-order valence-electron chi connectivity index (χ0n) is 12.3. The number of halogens is 3. The van der Waals surface area contributed by atoms with Crippen molar-refractivity contribution >= 4 is 28.4 Å². The number of nitrogens with zero attached hydrogens (tertiary/aromatic N) is 3. The molecule has 0 aliphatic rings. The van der Waals surface area contributed by atoms with Gasteiger partial charge in [-0.25, -0.2) is 4.98 Å². The van der Waals surface area contributed by atoms with Crippen LogP contribution in [-0.2, 0) is 13.2 Å². The maximum absolute atomic E-state index is 12.8. The van der Waals surface area contributed by atoms with E-state index in [2.05, 4.69) is 10.3 Å². The number of aromatic nitrogens is 2. The molecular formula is C15H11F3N4O2. The summed E-state index contributed by atoms with van der Waals surface area (Å²) in [5.74, 6) is 0.207. The topological polar surface area (TPSA) is 73.0 Å². The monoisotopic (exact) mass is 336 g/mol. The minimum absolute atomic E-state index is 0.166. The van der Waals surface area contributed by atoms with E-state index in [1.54, 1.807) is 17.7 Å². The second-order valence-corrected chi connectivity index (χ2v) is 5.10. The van der Waals surface area contributed by atoms with Crippen LogP contribution in [0.3, 0.4) is 0 Å². The molecule has 0 fully saturated rings. The van der Waals surface area contributed by atoms with E-state index in [4.69, 9.17) is 0 Å². The summed E-state index contributed by atoms with van der Waals surface area (Å²) in [6.45, 7) is 0. The Hall–Kier alpha value is -3.10. The van der Waals surface area contributed by atoms with E-state index in [1.807, 2.05) is 0 Å². The lowest BCUT2D eigenvalue weighted by molar-refractivity contribution is -0.383. The second-order valence-electron chi connectivity index (χ2n) is 5.10. The minimum Gasteiger partial charge on any atom is -0.326 e. The van der Waals surface area contributed by atoms with E-state index in [0.717, 1.165) is 12.1 Å². The molecule has 0 radical (unpaired) electrons. The summed E-state index contributed by atoms with van der Waals surface area (Å²) in [5.41, 5.74) is -0.110. The SMILES string of the molecule is Cn1c(Nc2cccc(C(F)(F)F)c2)nc2c([N+](=O)[O-])cccc21. The number of rotatable bonds is 3. The number of imidazole rings is 1. The first-order valence-corrected chi connectivity index (χ1v) is 6.81. The van der Waals surface area contributed by atoms with Crippen molar-refractivity contribution in [3.63, 3.8) is 0 Å². The number of alkyl halides is 3. The average Bonchev–Trinajstić information content (AvgIpc) is 2.83. The first-order valence-electron chi connectivity index (χ1n) is 6.81. The Morgan fingerprint density at radius 1 is 1.21 bits per heavy atom. The number of nitro benzene ring substituents is 1. The molecule has 1 heterocycles. The molecule has 0 aliphatic heterocycles. The first kappa shape index (κ1) is 15.8. The highest BCUT2D eigenvalue weighted by atomic mass is 19.4. The molecule has 1 aromatic heterocycles. The largest absolute Gasteiger partial charge is 0.416 e. The van der Waals surface area contributed by atoms with Crippen molar-refractivity contribution in [3.8, 4) is 0 Å². The fourth-order valence-electron chi connectivity index (χ4n) is 2.36. The van der Waals surface area contributed by atoms with Gasteiger partial charge >= 0.3 is 6.18 Å². The lowest BCUT2D eigenvalue weighted by Gasteiger charge is -2.10. The van der Waals surface area contributed by atoms with E-state index in [-0.39, 0.29) is 22.8 Å². The lowest BCUT2D eigenvalue weighted by Crippen LogP contribution is -2.06. The summed E-state index contributed by atoms with van der Waals surface area (Å²) >= 11 is 0. The molecule has 0 bridgehead atoms. The normalized spacial score (nSPS) is 11.7. The third-order valence-corrected chi connectivity index (χ3v) is 3.53. The molecule has 124 valence electrons. The Morgan fingerprint density at radius 2 is 1.92 bits per heavy atom. The molecule has 0 spiro atoms. The van der Waals surface area contributed by atoms with E-state index in [9.17, 15) is 23.3 Å². The fourth-order valence-corrected chi connectivity index (χ4v) is 2.36. The van der Waals surface area contributed by atoms with Gasteiger partial charge in [-0.2, -0.15) is 13.2 Å². The highest BCUT2D eigenvalue weighted by Gasteiger charge is 2.30. The number of anilines is 2. The molecule has 3 aromatic rings. The van der Waals surface area contributed by atoms with Gasteiger partial charge in [-0.05, 0) is 24.3 Å². The van der Waals surface area contributed by atoms with E-state index >= 15 is 0 Å². The van der Waals surface area contributed by atoms with Crippen LogP contribution in [0.1, 0.15) is 5.56 Å². The summed E-state index contributed by atoms with van der Waals surface area (Å²) in [5, 5.41) is 13.8. The van der Waals surface area contributed by atoms with Crippen molar-refractivity contribution in [2.24, 2.45) is 7.05 Å². The Kier molecular flexibility index (Phi) is 3.63. The molecule has 0 amide bonds. The number of non-ortho nitro benzene ring substituents is 1. The molecule has 0 saturated heterocycles. The molecular weight excluding hydrogens is 325 g/mol. The third-order valence-electron chi connectivity index (χ3n) is 3.53. The summed E-state index contributed by atoms with van der Waals surface area (Å²) in [4.78, 5) is 14.7. The predicted molar refractivity (Wildman–Crippen MR) is 82.1 cm³/mol. The van der Waals surface area contributed by atoms with Crippen molar-refractivity contribution in [2.45, 2.75) is 6.18 Å². The molecule has 1 N–H and O–H groups in total. The second kappa shape index (κ2) is 5.52. The highest BCUT2D eigenvalue weighted by Crippen LogP contribution is 2.32. The third kappa shape index (κ3) is 2.75. The molecule has 0 saturated carbocycles. The smallest absolute Gasteiger partial charge is 0.326 e. The van der Waals surface area contributed by atoms with Crippen LogP contribution in [0, 0.1) is 10.1 Å². The van der Waals surface area contributed by atoms with Gasteiger partial charge in [0.05, 0.1) is 16.0 Å². The summed E-state index contributed by atoms with van der Waals surface area (Å²) in [6, 6.07) is 9.14. The maximum Gasteiger partial charge on any atom is 0.416 e. The van der Waals surface area contributed by atoms with Crippen LogP contribution in [0.25, 0.3) is 11.0 Å². The fraction of sp³-hybridized carbons (Fsp3) is 0.133. The van der Waals surface area contributed by atoms with Gasteiger partial charge in [0, 0.05) is 18.8 Å². The van der Waals surface area contributed by atoms with Crippen molar-refractivity contribution in [1.29, 1.82) is 0 Å². The Morgan fingerprint density at radius 3 is 2.58 bits per heavy atom. The highest BCUT2D eigenvalue weighted by molar-refractivity contribution is 5.87. The van der Waals surface area contributed by atoms with Gasteiger partial charge < -0.3 is 9.88 Å². The zero-order valence-corrected chi connectivity index (χ0v) is 12.3. The Bertz CT molecular complexity index is 934. The van der Waals surface area contributed by atoms with Crippen molar-refractivity contribution in [3.05, 3.63) is 58.1 Å². The minimum atomic E-state index is -4.46. The van der Waals surface area contributed by atoms with Gasteiger partial charge in [-0.3, -0.25) is 10.1 Å². The molecule has 3 rings (SSSR count). The maximum atomic E-state index is 12.8. The first-order chi connectivity index (χ1) is 11.3. The quantitative estimate of drug-likeness (QED) is 0.573. The zero-order chi connectivity index (χ0) is 17.5. The summed E-state index contributed by atoms with van der Waals surface area (Å²) in [7, 11) is 1.62. The van der Waals surface area contributed by atoms with E-state index < -0.39 is 16.7 Å². The van der Waals surface area contributed by atoms with Crippen LogP contribution < -0.4 is 5.32 Å². The number of fused-ring (bicyclic) bond motifs is 1. The molecule has 6 nitrogen and oxygen atoms in total. The molecule has 2 aromatic carbocycles. The van der Waals surface area contributed by atoms with Crippen LogP contribution in [0.4, 0.5) is 30.5 Å². The number of hydrogen-bond donors (Lipinski definition) is 1. The van der Waals surface area contributed by atoms with Crippen LogP contribution in [0.2, 0.25) is 0 Å². The van der Waals surface area contributed by atoms with Gasteiger partial charge in [0.25, 0.3) is 5.69 Å². The van der Waals surface area contributed by atoms with E-state index in [0.29, 0.717) is 5.52 Å². The van der Waals surface area contributed by atoms with Gasteiger partial charge in [-0.15, -0.1) is 0 Å². The molecule has 0 aliphatic carbocycles. The predicted octanol–water partition coefficient (Wildman–Crippen LogP) is 4.24. The number of aryl methyl sites for hydroxylation is 1. The van der Waals surface area contributed by atoms with Gasteiger partial charge in [0.2, 0.25) is 5.95 Å². The van der Waals surface area contributed by atoms with E-state index in [1.165, 1.54) is 24.3 Å². The number of para-hydroxylation sites is 1. The van der Waals surface area contributed by atoms with Crippen molar-refractivity contribution in [1.82, 2.24) is 9.55 Å². The molecule has 24 heavy (non-hydrogen) atoms.